The number of pyridine rings is 1. The van der Waals surface area contributed by atoms with Gasteiger partial charge in [-0.15, -0.1) is 5.38 Å². The van der Waals surface area contributed by atoms with Gasteiger partial charge in [0.2, 0.25) is 0 Å². The van der Waals surface area contributed by atoms with Gasteiger partial charge >= 0.3 is 0 Å². The Bertz CT molecular complexity index is 1670. The van der Waals surface area contributed by atoms with Crippen LogP contribution in [0.4, 0.5) is 0 Å². The minimum atomic E-state index is 0. The van der Waals surface area contributed by atoms with E-state index >= 15 is 0 Å². The van der Waals surface area contributed by atoms with E-state index in [0.717, 1.165) is 11.0 Å². The van der Waals surface area contributed by atoms with Gasteiger partial charge in [0.15, 0.2) is 0 Å². The largest absolute Gasteiger partial charge is 0.309 e. The molecule has 0 saturated heterocycles. The standard InChI is InChI=1S/C25H14N3S.Ir/c1-3-7-21-17(5-1)18-6-2-4-8-22(18)27(21)16-9-10-19-20(15-16)25-24(12-14-29-25)28-23(19)11-13-26-28;/h1-11,13-15H;/q-1;. The molecule has 0 unspecified atom stereocenters. The van der Waals surface area contributed by atoms with Crippen LogP contribution in [-0.2, 0) is 20.1 Å². The summed E-state index contributed by atoms with van der Waals surface area (Å²) >= 11 is 1.72. The first-order valence-corrected chi connectivity index (χ1v) is 10.4. The van der Waals surface area contributed by atoms with Crippen molar-refractivity contribution in [1.82, 2.24) is 14.2 Å². The van der Waals surface area contributed by atoms with Gasteiger partial charge in [0.25, 0.3) is 0 Å². The molecule has 145 valence electrons. The van der Waals surface area contributed by atoms with Crippen LogP contribution < -0.4 is 0 Å². The Labute approximate surface area is 189 Å². The van der Waals surface area contributed by atoms with Crippen LogP contribution in [0.3, 0.4) is 0 Å². The van der Waals surface area contributed by atoms with Crippen LogP contribution in [-0.4, -0.2) is 14.2 Å². The molecule has 4 aromatic heterocycles. The second-order valence-electron chi connectivity index (χ2n) is 7.29. The first-order chi connectivity index (χ1) is 14.4. The zero-order valence-electron chi connectivity index (χ0n) is 15.7. The number of hydrogen-bond acceptors (Lipinski definition) is 2. The Hall–Kier alpha value is -2.98. The second-order valence-corrected chi connectivity index (χ2v) is 8.17. The molecule has 0 N–H and O–H groups in total. The van der Waals surface area contributed by atoms with Gasteiger partial charge in [-0.3, -0.25) is 15.9 Å². The van der Waals surface area contributed by atoms with Crippen LogP contribution in [0.15, 0.2) is 84.4 Å². The predicted octanol–water partition coefficient (Wildman–Crippen LogP) is 6.60. The van der Waals surface area contributed by atoms with Crippen molar-refractivity contribution in [3.8, 4) is 5.69 Å². The Kier molecular flexibility index (Phi) is 3.87. The van der Waals surface area contributed by atoms with Crippen LogP contribution in [0.25, 0.3) is 54.0 Å². The second kappa shape index (κ2) is 6.51. The zero-order valence-corrected chi connectivity index (χ0v) is 18.9. The molecule has 7 aromatic rings. The van der Waals surface area contributed by atoms with Gasteiger partial charge in [0.05, 0.1) is 16.6 Å². The van der Waals surface area contributed by atoms with Crippen molar-refractivity contribution in [1.29, 1.82) is 0 Å². The van der Waals surface area contributed by atoms with E-state index in [0.29, 0.717) is 0 Å². The smallest absolute Gasteiger partial charge is 0.0696 e. The molecule has 0 saturated carbocycles. The minimum absolute atomic E-state index is 0. The molecule has 4 heterocycles. The quantitative estimate of drug-likeness (QED) is 0.201. The minimum Gasteiger partial charge on any atom is -0.309 e. The summed E-state index contributed by atoms with van der Waals surface area (Å²) in [4.78, 5) is 0. The zero-order chi connectivity index (χ0) is 18.9. The number of thiophene rings is 1. The predicted molar refractivity (Wildman–Crippen MR) is 121 cm³/mol. The molecule has 0 aliphatic heterocycles. The average molecular weight is 581 g/mol. The van der Waals surface area contributed by atoms with Crippen LogP contribution in [0.2, 0.25) is 0 Å². The fourth-order valence-corrected chi connectivity index (χ4v) is 5.42. The van der Waals surface area contributed by atoms with Crippen molar-refractivity contribution in [2.24, 2.45) is 0 Å². The van der Waals surface area contributed by atoms with Crippen molar-refractivity contribution >= 4 is 59.6 Å². The Balaban J connectivity index is 0.00000175. The van der Waals surface area contributed by atoms with E-state index in [4.69, 9.17) is 0 Å². The Morgan fingerprint density at radius 1 is 0.733 bits per heavy atom. The fraction of sp³-hybridized carbons (Fsp3) is 0. The molecule has 3 aromatic carbocycles. The third-order valence-electron chi connectivity index (χ3n) is 5.80. The monoisotopic (exact) mass is 581 g/mol. The average Bonchev–Trinajstić information content (AvgIpc) is 3.50. The Morgan fingerprint density at radius 2 is 1.43 bits per heavy atom. The van der Waals surface area contributed by atoms with Gasteiger partial charge in [-0.05, 0) is 35.7 Å². The third kappa shape index (κ3) is 2.25. The summed E-state index contributed by atoms with van der Waals surface area (Å²) in [7, 11) is 0. The van der Waals surface area contributed by atoms with E-state index < -0.39 is 0 Å². The Morgan fingerprint density at radius 3 is 2.20 bits per heavy atom. The van der Waals surface area contributed by atoms with Crippen molar-refractivity contribution in [2.75, 3.05) is 0 Å². The van der Waals surface area contributed by atoms with E-state index in [9.17, 15) is 0 Å². The van der Waals surface area contributed by atoms with Crippen molar-refractivity contribution in [3.63, 3.8) is 0 Å². The molecule has 0 aliphatic carbocycles. The van der Waals surface area contributed by atoms with Crippen LogP contribution in [0, 0.1) is 6.07 Å². The molecule has 0 fully saturated rings. The van der Waals surface area contributed by atoms with E-state index in [1.165, 1.54) is 43.0 Å². The maximum Gasteiger partial charge on any atom is 0.0696 e. The first kappa shape index (κ1) is 17.8. The first-order valence-electron chi connectivity index (χ1n) is 9.57. The number of nitrogens with zero attached hydrogens (tertiary/aromatic N) is 3. The summed E-state index contributed by atoms with van der Waals surface area (Å²) in [5.41, 5.74) is 5.80. The molecular weight excluding hydrogens is 567 g/mol. The van der Waals surface area contributed by atoms with E-state index in [-0.39, 0.29) is 20.1 Å². The molecule has 0 amide bonds. The number of fused-ring (bicyclic) bond motifs is 9. The molecule has 5 heteroatoms. The molecule has 0 bridgehead atoms. The number of rotatable bonds is 1. The van der Waals surface area contributed by atoms with E-state index in [1.54, 1.807) is 11.3 Å². The van der Waals surface area contributed by atoms with Gasteiger partial charge in [-0.2, -0.15) is 5.10 Å². The summed E-state index contributed by atoms with van der Waals surface area (Å²) < 4.78 is 5.58. The van der Waals surface area contributed by atoms with Crippen molar-refractivity contribution in [2.45, 2.75) is 0 Å². The van der Waals surface area contributed by atoms with Crippen molar-refractivity contribution < 1.29 is 20.1 Å². The molecular formula is C25H14IrN3S-. The topological polar surface area (TPSA) is 22.2 Å². The summed E-state index contributed by atoms with van der Waals surface area (Å²) in [5.74, 6) is 0. The maximum atomic E-state index is 4.51. The number of aromatic nitrogens is 3. The van der Waals surface area contributed by atoms with Crippen LogP contribution in [0.5, 0.6) is 0 Å². The molecule has 0 aliphatic rings. The molecule has 7 rings (SSSR count). The summed E-state index contributed by atoms with van der Waals surface area (Å²) in [5, 5.41) is 11.6. The van der Waals surface area contributed by atoms with Gasteiger partial charge in [0, 0.05) is 42.8 Å². The SMILES string of the molecule is [Ir].[c-]1csc2c3cc(-n4c5ccccc5c5ccccc54)ccc3c3ccnn3c12. The maximum absolute atomic E-state index is 4.51. The third-order valence-corrected chi connectivity index (χ3v) is 6.69. The molecule has 1 radical (unpaired) electrons. The number of para-hydroxylation sites is 2. The van der Waals surface area contributed by atoms with Crippen LogP contribution in [0.1, 0.15) is 0 Å². The van der Waals surface area contributed by atoms with Gasteiger partial charge in [-0.1, -0.05) is 58.1 Å². The molecule has 0 atom stereocenters. The molecule has 0 spiro atoms. The molecule has 3 nitrogen and oxygen atoms in total. The summed E-state index contributed by atoms with van der Waals surface area (Å²) in [6.45, 7) is 0. The summed E-state index contributed by atoms with van der Waals surface area (Å²) in [6.07, 6.45) is 1.86. The van der Waals surface area contributed by atoms with E-state index in [2.05, 4.69) is 88.5 Å². The summed E-state index contributed by atoms with van der Waals surface area (Å²) in [6, 6.07) is 29.5. The van der Waals surface area contributed by atoms with E-state index in [1.807, 2.05) is 16.1 Å². The number of hydrogen-bond donors (Lipinski definition) is 0. The van der Waals surface area contributed by atoms with Gasteiger partial charge in [-0.25, -0.2) is 6.07 Å². The number of benzene rings is 3. The molecule has 30 heavy (non-hydrogen) atoms. The van der Waals surface area contributed by atoms with Crippen molar-refractivity contribution in [3.05, 3.63) is 90.4 Å². The van der Waals surface area contributed by atoms with Crippen LogP contribution >= 0.6 is 11.3 Å². The fourth-order valence-electron chi connectivity index (χ4n) is 4.58. The van der Waals surface area contributed by atoms with Gasteiger partial charge < -0.3 is 4.57 Å². The normalized spacial score (nSPS) is 11.7. The van der Waals surface area contributed by atoms with Gasteiger partial charge in [0.1, 0.15) is 0 Å².